The molecule has 0 amide bonds. The summed E-state index contributed by atoms with van der Waals surface area (Å²) in [6, 6.07) is 10.9. The Hall–Kier alpha value is -2.56. The Morgan fingerprint density at radius 1 is 1.10 bits per heavy atom. The number of hydrogen-bond acceptors (Lipinski definition) is 4. The predicted molar refractivity (Wildman–Crippen MR) is 75.1 cm³/mol. The van der Waals surface area contributed by atoms with Crippen LogP contribution >= 0.6 is 0 Å². The number of carbonyl (C=O) groups excluding carboxylic acids is 1. The zero-order chi connectivity index (χ0) is 15.2. The summed E-state index contributed by atoms with van der Waals surface area (Å²) in [4.78, 5) is 12.0. The van der Waals surface area contributed by atoms with E-state index in [-0.39, 0.29) is 12.2 Å². The van der Waals surface area contributed by atoms with Gasteiger partial charge in [0, 0.05) is 11.6 Å². The van der Waals surface area contributed by atoms with E-state index in [0.29, 0.717) is 17.1 Å². The molecule has 0 saturated heterocycles. The molecular weight excluding hydrogens is 275 g/mol. The van der Waals surface area contributed by atoms with Gasteiger partial charge in [-0.15, -0.1) is 0 Å². The van der Waals surface area contributed by atoms with E-state index in [1.54, 1.807) is 36.4 Å². The van der Waals surface area contributed by atoms with Crippen LogP contribution in [0.3, 0.4) is 0 Å². The second kappa shape index (κ2) is 6.74. The van der Waals surface area contributed by atoms with Gasteiger partial charge in [0.1, 0.15) is 29.5 Å². The van der Waals surface area contributed by atoms with Crippen molar-refractivity contribution in [3.8, 4) is 11.5 Å². The molecule has 0 spiro atoms. The third-order valence-electron chi connectivity index (χ3n) is 2.95. The minimum atomic E-state index is -0.585. The van der Waals surface area contributed by atoms with Crippen molar-refractivity contribution in [2.45, 2.75) is 6.61 Å². The molecule has 2 aromatic rings. The first-order valence-corrected chi connectivity index (χ1v) is 6.28. The lowest BCUT2D eigenvalue weighted by atomic mass is 10.2. The molecule has 0 heterocycles. The largest absolute Gasteiger partial charge is 0.497 e. The maximum absolute atomic E-state index is 13.5. The fraction of sp³-hybridized carbons (Fsp3) is 0.188. The van der Waals surface area contributed by atoms with E-state index in [1.807, 2.05) is 0 Å². The van der Waals surface area contributed by atoms with E-state index in [1.165, 1.54) is 20.3 Å². The summed E-state index contributed by atoms with van der Waals surface area (Å²) in [7, 11) is 2.97. The first-order valence-electron chi connectivity index (χ1n) is 6.28. The standard InChI is InChI=1S/C16H15FO4/c1-19-12-7-8-13(15(9-12)20-2)16(18)21-10-11-5-3-4-6-14(11)17/h3-9H,10H2,1-2H3. The third-order valence-corrected chi connectivity index (χ3v) is 2.95. The molecule has 5 heteroatoms. The van der Waals surface area contributed by atoms with Gasteiger partial charge in [-0.1, -0.05) is 18.2 Å². The first-order chi connectivity index (χ1) is 10.2. The van der Waals surface area contributed by atoms with Crippen molar-refractivity contribution in [1.82, 2.24) is 0 Å². The number of carbonyl (C=O) groups is 1. The average molecular weight is 290 g/mol. The van der Waals surface area contributed by atoms with Gasteiger partial charge in [-0.3, -0.25) is 0 Å². The van der Waals surface area contributed by atoms with Gasteiger partial charge in [-0.25, -0.2) is 9.18 Å². The molecule has 0 aliphatic heterocycles. The monoisotopic (exact) mass is 290 g/mol. The maximum Gasteiger partial charge on any atom is 0.342 e. The molecule has 4 nitrogen and oxygen atoms in total. The van der Waals surface area contributed by atoms with E-state index < -0.39 is 11.8 Å². The molecule has 0 aliphatic rings. The summed E-state index contributed by atoms with van der Waals surface area (Å²) in [5.41, 5.74) is 0.577. The number of rotatable bonds is 5. The molecule has 0 radical (unpaired) electrons. The maximum atomic E-state index is 13.5. The second-order valence-electron chi connectivity index (χ2n) is 4.23. The van der Waals surface area contributed by atoms with Crippen LogP contribution in [0.1, 0.15) is 15.9 Å². The molecule has 0 saturated carbocycles. The van der Waals surface area contributed by atoms with Crippen LogP contribution in [-0.2, 0) is 11.3 Å². The third kappa shape index (κ3) is 3.51. The van der Waals surface area contributed by atoms with E-state index in [0.717, 1.165) is 0 Å². The van der Waals surface area contributed by atoms with E-state index in [4.69, 9.17) is 14.2 Å². The van der Waals surface area contributed by atoms with Crippen LogP contribution in [0.2, 0.25) is 0 Å². The number of halogens is 1. The first kappa shape index (κ1) is 14.8. The summed E-state index contributed by atoms with van der Waals surface area (Å²) in [5.74, 6) is -0.0878. The number of benzene rings is 2. The van der Waals surface area contributed by atoms with Gasteiger partial charge < -0.3 is 14.2 Å². The van der Waals surface area contributed by atoms with Crippen LogP contribution in [0.5, 0.6) is 11.5 Å². The van der Waals surface area contributed by atoms with E-state index in [2.05, 4.69) is 0 Å². The normalized spacial score (nSPS) is 10.0. The highest BCUT2D eigenvalue weighted by Gasteiger charge is 2.15. The van der Waals surface area contributed by atoms with Crippen LogP contribution in [0.25, 0.3) is 0 Å². The Balaban J connectivity index is 2.12. The second-order valence-corrected chi connectivity index (χ2v) is 4.23. The SMILES string of the molecule is COc1ccc(C(=O)OCc2ccccc2F)c(OC)c1. The Morgan fingerprint density at radius 3 is 2.52 bits per heavy atom. The van der Waals surface area contributed by atoms with Crippen molar-refractivity contribution in [1.29, 1.82) is 0 Å². The Bertz CT molecular complexity index is 640. The smallest absolute Gasteiger partial charge is 0.342 e. The highest BCUT2D eigenvalue weighted by atomic mass is 19.1. The highest BCUT2D eigenvalue weighted by Crippen LogP contribution is 2.25. The predicted octanol–water partition coefficient (Wildman–Crippen LogP) is 3.20. The fourth-order valence-corrected chi connectivity index (χ4v) is 1.80. The molecule has 21 heavy (non-hydrogen) atoms. The Kier molecular flexibility index (Phi) is 4.77. The lowest BCUT2D eigenvalue weighted by Crippen LogP contribution is -2.08. The molecule has 0 N–H and O–H groups in total. The van der Waals surface area contributed by atoms with Crippen LogP contribution < -0.4 is 9.47 Å². The summed E-state index contributed by atoms with van der Waals surface area (Å²) in [6.45, 7) is -0.138. The molecule has 0 fully saturated rings. The molecule has 110 valence electrons. The molecule has 0 aromatic heterocycles. The quantitative estimate of drug-likeness (QED) is 0.793. The number of methoxy groups -OCH3 is 2. The minimum absolute atomic E-state index is 0.138. The Morgan fingerprint density at radius 2 is 1.86 bits per heavy atom. The summed E-state index contributed by atoms with van der Waals surface area (Å²) >= 11 is 0. The van der Waals surface area contributed by atoms with Gasteiger partial charge in [-0.05, 0) is 18.2 Å². The van der Waals surface area contributed by atoms with Crippen molar-refractivity contribution < 1.29 is 23.4 Å². The van der Waals surface area contributed by atoms with E-state index >= 15 is 0 Å². The minimum Gasteiger partial charge on any atom is -0.497 e. The van der Waals surface area contributed by atoms with Crippen molar-refractivity contribution in [3.63, 3.8) is 0 Å². The van der Waals surface area contributed by atoms with Crippen molar-refractivity contribution in [2.24, 2.45) is 0 Å². The summed E-state index contributed by atoms with van der Waals surface area (Å²) in [6.07, 6.45) is 0. The molecule has 2 aromatic carbocycles. The highest BCUT2D eigenvalue weighted by molar-refractivity contribution is 5.92. The molecular formula is C16H15FO4. The zero-order valence-corrected chi connectivity index (χ0v) is 11.8. The van der Waals surface area contributed by atoms with E-state index in [9.17, 15) is 9.18 Å². The van der Waals surface area contributed by atoms with Crippen LogP contribution in [0, 0.1) is 5.82 Å². The van der Waals surface area contributed by atoms with Gasteiger partial charge in [0.25, 0.3) is 0 Å². The fourth-order valence-electron chi connectivity index (χ4n) is 1.80. The molecule has 0 aliphatic carbocycles. The summed E-state index contributed by atoms with van der Waals surface area (Å²) < 4.78 is 28.7. The molecule has 2 rings (SSSR count). The van der Waals surface area contributed by atoms with Gasteiger partial charge in [0.2, 0.25) is 0 Å². The van der Waals surface area contributed by atoms with Gasteiger partial charge in [-0.2, -0.15) is 0 Å². The van der Waals surface area contributed by atoms with Crippen LogP contribution in [0.4, 0.5) is 4.39 Å². The average Bonchev–Trinajstić information content (AvgIpc) is 2.53. The van der Waals surface area contributed by atoms with Gasteiger partial charge in [0.15, 0.2) is 0 Å². The Labute approximate surface area is 122 Å². The van der Waals surface area contributed by atoms with Gasteiger partial charge >= 0.3 is 5.97 Å². The lowest BCUT2D eigenvalue weighted by Gasteiger charge is -2.10. The number of ether oxygens (including phenoxy) is 3. The summed E-state index contributed by atoms with van der Waals surface area (Å²) in [5, 5.41) is 0. The van der Waals surface area contributed by atoms with Gasteiger partial charge in [0.05, 0.1) is 14.2 Å². The number of hydrogen-bond donors (Lipinski definition) is 0. The molecule has 0 atom stereocenters. The van der Waals surface area contributed by atoms with Crippen molar-refractivity contribution in [2.75, 3.05) is 14.2 Å². The lowest BCUT2D eigenvalue weighted by molar-refractivity contribution is 0.0465. The molecule has 0 unspecified atom stereocenters. The topological polar surface area (TPSA) is 44.8 Å². The van der Waals surface area contributed by atoms with Crippen LogP contribution in [0.15, 0.2) is 42.5 Å². The molecule has 0 bridgehead atoms. The number of esters is 1. The zero-order valence-electron chi connectivity index (χ0n) is 11.8. The van der Waals surface area contributed by atoms with Crippen LogP contribution in [-0.4, -0.2) is 20.2 Å². The van der Waals surface area contributed by atoms with Crippen molar-refractivity contribution in [3.05, 3.63) is 59.4 Å². The van der Waals surface area contributed by atoms with Crippen molar-refractivity contribution >= 4 is 5.97 Å².